The van der Waals surface area contributed by atoms with Gasteiger partial charge in [-0.05, 0) is 18.4 Å². The Kier molecular flexibility index (Phi) is 4.54. The van der Waals surface area contributed by atoms with E-state index < -0.39 is 0 Å². The van der Waals surface area contributed by atoms with E-state index in [0.29, 0.717) is 12.5 Å². The summed E-state index contributed by atoms with van der Waals surface area (Å²) in [6.45, 7) is 1.65. The zero-order valence-electron chi connectivity index (χ0n) is 9.93. The molecule has 0 radical (unpaired) electrons. The first-order valence-electron chi connectivity index (χ1n) is 6.16. The lowest BCUT2D eigenvalue weighted by molar-refractivity contribution is 0.0749. The van der Waals surface area contributed by atoms with Crippen molar-refractivity contribution in [2.24, 2.45) is 0 Å². The lowest BCUT2D eigenvalue weighted by Crippen LogP contribution is -2.37. The highest BCUT2D eigenvalue weighted by atomic mass is 16.5. The fraction of sp³-hybridized carbons (Fsp3) is 0.500. The third-order valence-electron chi connectivity index (χ3n) is 3.16. The number of nitrogens with one attached hydrogen (secondary N) is 1. The first kappa shape index (κ1) is 12.1. The summed E-state index contributed by atoms with van der Waals surface area (Å²) in [5.74, 6) is 0. The van der Waals surface area contributed by atoms with E-state index >= 15 is 0 Å². The number of hydrogen-bond acceptors (Lipinski definition) is 3. The van der Waals surface area contributed by atoms with Crippen molar-refractivity contribution in [3.8, 4) is 6.07 Å². The van der Waals surface area contributed by atoms with E-state index in [9.17, 15) is 0 Å². The van der Waals surface area contributed by atoms with Crippen molar-refractivity contribution in [3.05, 3.63) is 35.9 Å². The highest BCUT2D eigenvalue weighted by Crippen LogP contribution is 2.19. The van der Waals surface area contributed by atoms with Crippen LogP contribution in [0.15, 0.2) is 30.3 Å². The van der Waals surface area contributed by atoms with Crippen molar-refractivity contribution in [3.63, 3.8) is 0 Å². The van der Waals surface area contributed by atoms with Crippen LogP contribution in [0.2, 0.25) is 0 Å². The fourth-order valence-electron chi connectivity index (χ4n) is 2.20. The highest BCUT2D eigenvalue weighted by molar-refractivity contribution is 5.20. The van der Waals surface area contributed by atoms with Gasteiger partial charge in [0.15, 0.2) is 0 Å². The van der Waals surface area contributed by atoms with Crippen LogP contribution in [-0.4, -0.2) is 19.3 Å². The quantitative estimate of drug-likeness (QED) is 0.864. The van der Waals surface area contributed by atoms with Gasteiger partial charge in [0.1, 0.15) is 0 Å². The molecule has 0 amide bonds. The van der Waals surface area contributed by atoms with E-state index in [0.717, 1.165) is 26.1 Å². The maximum atomic E-state index is 8.91. The highest BCUT2D eigenvalue weighted by Gasteiger charge is 2.18. The van der Waals surface area contributed by atoms with Crippen molar-refractivity contribution >= 4 is 0 Å². The SMILES string of the molecule is N#CCC(NC1CCOCC1)c1ccccc1. The molecule has 0 spiro atoms. The maximum Gasteiger partial charge on any atom is 0.0641 e. The molecule has 90 valence electrons. The minimum atomic E-state index is 0.143. The summed E-state index contributed by atoms with van der Waals surface area (Å²) in [5, 5.41) is 12.5. The van der Waals surface area contributed by atoms with Gasteiger partial charge in [-0.15, -0.1) is 0 Å². The van der Waals surface area contributed by atoms with Gasteiger partial charge in [0.25, 0.3) is 0 Å². The molecule has 1 heterocycles. The molecule has 0 aliphatic carbocycles. The molecule has 1 unspecified atom stereocenters. The third kappa shape index (κ3) is 3.55. The van der Waals surface area contributed by atoms with Crippen LogP contribution in [0.4, 0.5) is 0 Å². The van der Waals surface area contributed by atoms with Crippen LogP contribution in [0, 0.1) is 11.3 Å². The lowest BCUT2D eigenvalue weighted by Gasteiger charge is -2.27. The largest absolute Gasteiger partial charge is 0.381 e. The lowest BCUT2D eigenvalue weighted by atomic mass is 10.0. The summed E-state index contributed by atoms with van der Waals surface area (Å²) in [6.07, 6.45) is 2.59. The van der Waals surface area contributed by atoms with E-state index in [-0.39, 0.29) is 6.04 Å². The Morgan fingerprint density at radius 1 is 1.29 bits per heavy atom. The van der Waals surface area contributed by atoms with Crippen LogP contribution in [0.25, 0.3) is 0 Å². The summed E-state index contributed by atoms with van der Waals surface area (Å²) < 4.78 is 5.34. The molecule has 1 aromatic rings. The minimum absolute atomic E-state index is 0.143. The van der Waals surface area contributed by atoms with Crippen LogP contribution in [-0.2, 0) is 4.74 Å². The molecule has 2 rings (SSSR count). The van der Waals surface area contributed by atoms with Crippen LogP contribution < -0.4 is 5.32 Å². The van der Waals surface area contributed by atoms with Crippen molar-refractivity contribution in [2.75, 3.05) is 13.2 Å². The Hall–Kier alpha value is -1.37. The van der Waals surface area contributed by atoms with Gasteiger partial charge in [-0.2, -0.15) is 5.26 Å². The van der Waals surface area contributed by atoms with Crippen molar-refractivity contribution < 1.29 is 4.74 Å². The molecule has 1 aliphatic heterocycles. The smallest absolute Gasteiger partial charge is 0.0641 e. The second kappa shape index (κ2) is 6.39. The normalized spacial score (nSPS) is 18.5. The van der Waals surface area contributed by atoms with E-state index in [1.54, 1.807) is 0 Å². The Balaban J connectivity index is 1.99. The van der Waals surface area contributed by atoms with E-state index in [1.165, 1.54) is 5.56 Å². The molecule has 3 heteroatoms. The molecule has 17 heavy (non-hydrogen) atoms. The van der Waals surface area contributed by atoms with Crippen LogP contribution >= 0.6 is 0 Å². The van der Waals surface area contributed by atoms with Gasteiger partial charge in [-0.1, -0.05) is 30.3 Å². The van der Waals surface area contributed by atoms with E-state index in [2.05, 4.69) is 23.5 Å². The number of rotatable bonds is 4. The molecular weight excluding hydrogens is 212 g/mol. The molecule has 1 atom stereocenters. The number of nitriles is 1. The van der Waals surface area contributed by atoms with Gasteiger partial charge >= 0.3 is 0 Å². The first-order valence-corrected chi connectivity index (χ1v) is 6.16. The molecule has 1 N–H and O–H groups in total. The topological polar surface area (TPSA) is 45.0 Å². The minimum Gasteiger partial charge on any atom is -0.381 e. The predicted octanol–water partition coefficient (Wildman–Crippen LogP) is 2.41. The number of nitrogens with zero attached hydrogens (tertiary/aromatic N) is 1. The van der Waals surface area contributed by atoms with Crippen LogP contribution in [0.5, 0.6) is 0 Å². The van der Waals surface area contributed by atoms with Crippen molar-refractivity contribution in [1.82, 2.24) is 5.32 Å². The van der Waals surface area contributed by atoms with Crippen LogP contribution in [0.3, 0.4) is 0 Å². The Morgan fingerprint density at radius 3 is 2.65 bits per heavy atom. The summed E-state index contributed by atoms with van der Waals surface area (Å²) in [7, 11) is 0. The molecular formula is C14H18N2O. The summed E-state index contributed by atoms with van der Waals surface area (Å²) in [6, 6.07) is 13.1. The number of hydrogen-bond donors (Lipinski definition) is 1. The molecule has 1 fully saturated rings. The van der Waals surface area contributed by atoms with E-state index in [4.69, 9.17) is 10.00 Å². The summed E-state index contributed by atoms with van der Waals surface area (Å²) >= 11 is 0. The summed E-state index contributed by atoms with van der Waals surface area (Å²) in [4.78, 5) is 0. The van der Waals surface area contributed by atoms with Crippen LogP contribution in [0.1, 0.15) is 30.9 Å². The maximum absolute atomic E-state index is 8.91. The Morgan fingerprint density at radius 2 is 2.00 bits per heavy atom. The van der Waals surface area contributed by atoms with Gasteiger partial charge in [0, 0.05) is 25.3 Å². The van der Waals surface area contributed by atoms with Gasteiger partial charge in [0.2, 0.25) is 0 Å². The second-order valence-corrected chi connectivity index (χ2v) is 4.38. The second-order valence-electron chi connectivity index (χ2n) is 4.38. The number of benzene rings is 1. The monoisotopic (exact) mass is 230 g/mol. The summed E-state index contributed by atoms with van der Waals surface area (Å²) in [5.41, 5.74) is 1.19. The average molecular weight is 230 g/mol. The molecule has 0 aromatic heterocycles. The molecule has 1 aromatic carbocycles. The van der Waals surface area contributed by atoms with Gasteiger partial charge in [0.05, 0.1) is 12.5 Å². The van der Waals surface area contributed by atoms with Crippen molar-refractivity contribution in [2.45, 2.75) is 31.3 Å². The zero-order valence-corrected chi connectivity index (χ0v) is 9.93. The zero-order chi connectivity index (χ0) is 11.9. The van der Waals surface area contributed by atoms with Gasteiger partial charge in [-0.3, -0.25) is 0 Å². The standard InChI is InChI=1S/C14H18N2O/c15-9-6-14(12-4-2-1-3-5-12)16-13-7-10-17-11-8-13/h1-5,13-14,16H,6-8,10-11H2. The first-order chi connectivity index (χ1) is 8.40. The van der Waals surface area contributed by atoms with E-state index in [1.807, 2.05) is 18.2 Å². The Labute approximate surface area is 102 Å². The molecule has 3 nitrogen and oxygen atoms in total. The third-order valence-corrected chi connectivity index (χ3v) is 3.16. The molecule has 1 saturated heterocycles. The predicted molar refractivity (Wildman–Crippen MR) is 66.4 cm³/mol. The average Bonchev–Trinajstić information content (AvgIpc) is 2.40. The fourth-order valence-corrected chi connectivity index (χ4v) is 2.20. The number of ether oxygens (including phenoxy) is 1. The van der Waals surface area contributed by atoms with Gasteiger partial charge < -0.3 is 10.1 Å². The van der Waals surface area contributed by atoms with Crippen molar-refractivity contribution in [1.29, 1.82) is 5.26 Å². The molecule has 0 bridgehead atoms. The molecule has 0 saturated carbocycles. The van der Waals surface area contributed by atoms with Gasteiger partial charge in [-0.25, -0.2) is 0 Å². The molecule has 1 aliphatic rings. The Bertz CT molecular complexity index is 366.